The third-order valence-corrected chi connectivity index (χ3v) is 4.62. The van der Waals surface area contributed by atoms with Gasteiger partial charge in [-0.15, -0.1) is 6.42 Å². The van der Waals surface area contributed by atoms with Crippen LogP contribution in [0, 0.1) is 12.3 Å². The number of terminal acetylenes is 1. The van der Waals surface area contributed by atoms with Crippen molar-refractivity contribution >= 4 is 32.7 Å². The van der Waals surface area contributed by atoms with Crippen molar-refractivity contribution < 1.29 is 9.53 Å². The highest BCUT2D eigenvalue weighted by molar-refractivity contribution is 7.22. The molecule has 0 spiro atoms. The summed E-state index contributed by atoms with van der Waals surface area (Å²) in [5, 5.41) is 3.40. The van der Waals surface area contributed by atoms with E-state index in [9.17, 15) is 4.79 Å². The number of aromatic nitrogens is 1. The molecular formula is C14H11N3O2S. The fraction of sp³-hybridized carbons (Fsp3) is 0.286. The molecule has 3 heterocycles. The lowest BCUT2D eigenvalue weighted by Crippen LogP contribution is -2.33. The zero-order valence-corrected chi connectivity index (χ0v) is 11.4. The molecule has 1 atom stereocenters. The molecule has 1 N–H and O–H groups in total. The van der Waals surface area contributed by atoms with E-state index in [1.807, 2.05) is 12.1 Å². The number of urea groups is 1. The number of nitrogens with zero attached hydrogens (tertiary/aromatic N) is 2. The van der Waals surface area contributed by atoms with Crippen LogP contribution in [0.2, 0.25) is 0 Å². The van der Waals surface area contributed by atoms with Gasteiger partial charge in [-0.2, -0.15) is 0 Å². The molecule has 2 aromatic rings. The summed E-state index contributed by atoms with van der Waals surface area (Å²) in [6.07, 6.45) is 6.34. The summed E-state index contributed by atoms with van der Waals surface area (Å²) in [5.74, 6) is 3.52. The van der Waals surface area contributed by atoms with E-state index in [-0.39, 0.29) is 12.1 Å². The van der Waals surface area contributed by atoms with Crippen molar-refractivity contribution in [2.45, 2.75) is 12.5 Å². The molecule has 1 saturated heterocycles. The highest BCUT2D eigenvalue weighted by Crippen LogP contribution is 2.38. The van der Waals surface area contributed by atoms with Crippen LogP contribution < -0.4 is 15.0 Å². The first-order chi connectivity index (χ1) is 9.78. The number of fused-ring (bicyclic) bond motifs is 3. The van der Waals surface area contributed by atoms with Crippen LogP contribution in [0.3, 0.4) is 0 Å². The summed E-state index contributed by atoms with van der Waals surface area (Å²) in [5.41, 5.74) is 2.05. The summed E-state index contributed by atoms with van der Waals surface area (Å²) >= 11 is 1.49. The molecule has 0 bridgehead atoms. The van der Waals surface area contributed by atoms with Crippen LogP contribution in [0.25, 0.3) is 10.2 Å². The van der Waals surface area contributed by atoms with Gasteiger partial charge in [-0.25, -0.2) is 9.78 Å². The van der Waals surface area contributed by atoms with Crippen LogP contribution in [-0.4, -0.2) is 30.2 Å². The Labute approximate surface area is 119 Å². The zero-order chi connectivity index (χ0) is 13.7. The number of carbonyl (C=O) groups excluding carboxylic acids is 1. The summed E-state index contributed by atoms with van der Waals surface area (Å²) < 4.78 is 6.60. The summed E-state index contributed by atoms with van der Waals surface area (Å²) in [4.78, 5) is 18.1. The largest absolute Gasteiger partial charge is 0.493 e. The Bertz CT molecular complexity index is 762. The minimum Gasteiger partial charge on any atom is -0.493 e. The molecule has 0 radical (unpaired) electrons. The highest BCUT2D eigenvalue weighted by Gasteiger charge is 2.33. The number of amides is 2. The maximum absolute atomic E-state index is 11.9. The number of rotatable bonds is 1. The number of benzene rings is 1. The van der Waals surface area contributed by atoms with Gasteiger partial charge in [0.2, 0.25) is 0 Å². The van der Waals surface area contributed by atoms with Gasteiger partial charge < -0.3 is 10.1 Å². The molecule has 1 aromatic carbocycles. The number of thiazole rings is 1. The van der Waals surface area contributed by atoms with Crippen molar-refractivity contribution in [2.24, 2.45) is 0 Å². The van der Waals surface area contributed by atoms with Gasteiger partial charge in [0.1, 0.15) is 11.8 Å². The predicted octanol–water partition coefficient (Wildman–Crippen LogP) is 1.76. The van der Waals surface area contributed by atoms with Crippen LogP contribution in [0.4, 0.5) is 9.93 Å². The second-order valence-corrected chi connectivity index (χ2v) is 5.73. The van der Waals surface area contributed by atoms with Gasteiger partial charge in [-0.3, -0.25) is 4.90 Å². The van der Waals surface area contributed by atoms with Crippen molar-refractivity contribution in [3.63, 3.8) is 0 Å². The topological polar surface area (TPSA) is 54.5 Å². The summed E-state index contributed by atoms with van der Waals surface area (Å²) in [6, 6.07) is 3.50. The van der Waals surface area contributed by atoms with E-state index >= 15 is 0 Å². The Kier molecular flexibility index (Phi) is 2.38. The van der Waals surface area contributed by atoms with Crippen LogP contribution in [0.5, 0.6) is 5.75 Å². The van der Waals surface area contributed by atoms with Crippen LogP contribution in [0.15, 0.2) is 12.1 Å². The van der Waals surface area contributed by atoms with Gasteiger partial charge in [0.05, 0.1) is 23.4 Å². The smallest absolute Gasteiger partial charge is 0.324 e. The Hall–Kier alpha value is -2.26. The lowest BCUT2D eigenvalue weighted by molar-refractivity contribution is 0.252. The van der Waals surface area contributed by atoms with E-state index in [2.05, 4.69) is 16.2 Å². The van der Waals surface area contributed by atoms with Crippen molar-refractivity contribution in [1.29, 1.82) is 0 Å². The normalized spacial score (nSPS) is 20.6. The lowest BCUT2D eigenvalue weighted by atomic mass is 10.1. The molecule has 1 aromatic heterocycles. The van der Waals surface area contributed by atoms with Crippen molar-refractivity contribution in [2.75, 3.05) is 18.1 Å². The second kappa shape index (κ2) is 4.12. The highest BCUT2D eigenvalue weighted by atomic mass is 32.1. The van der Waals surface area contributed by atoms with Gasteiger partial charge in [-0.05, 0) is 12.1 Å². The van der Waals surface area contributed by atoms with Gasteiger partial charge in [0, 0.05) is 12.0 Å². The molecule has 2 aliphatic rings. The maximum atomic E-state index is 11.9. The predicted molar refractivity (Wildman–Crippen MR) is 77.3 cm³/mol. The van der Waals surface area contributed by atoms with E-state index in [0.717, 1.165) is 28.0 Å². The van der Waals surface area contributed by atoms with Crippen LogP contribution >= 0.6 is 11.3 Å². The summed E-state index contributed by atoms with van der Waals surface area (Å²) in [7, 11) is 0. The van der Waals surface area contributed by atoms with Gasteiger partial charge in [0.25, 0.3) is 0 Å². The third-order valence-electron chi connectivity index (χ3n) is 3.60. The molecule has 5 nitrogen and oxygen atoms in total. The molecule has 1 unspecified atom stereocenters. The van der Waals surface area contributed by atoms with Gasteiger partial charge >= 0.3 is 6.03 Å². The first kappa shape index (κ1) is 11.6. The molecule has 0 saturated carbocycles. The number of anilines is 1. The van der Waals surface area contributed by atoms with E-state index in [4.69, 9.17) is 11.2 Å². The second-order valence-electron chi connectivity index (χ2n) is 4.72. The Morgan fingerprint density at radius 2 is 2.45 bits per heavy atom. The monoisotopic (exact) mass is 285 g/mol. The SMILES string of the molecule is C#CC1CNC(=O)N1c1nc2c3c(ccc2s1)OCC3. The first-order valence-corrected chi connectivity index (χ1v) is 7.18. The third kappa shape index (κ3) is 1.50. The Morgan fingerprint density at radius 1 is 1.55 bits per heavy atom. The van der Waals surface area contributed by atoms with Crippen molar-refractivity contribution in [3.05, 3.63) is 17.7 Å². The molecule has 0 aliphatic carbocycles. The van der Waals surface area contributed by atoms with E-state index in [0.29, 0.717) is 18.3 Å². The Balaban J connectivity index is 1.86. The molecular weight excluding hydrogens is 274 g/mol. The average Bonchev–Trinajstić information content (AvgIpc) is 3.13. The molecule has 20 heavy (non-hydrogen) atoms. The Morgan fingerprint density at radius 3 is 3.30 bits per heavy atom. The molecule has 100 valence electrons. The summed E-state index contributed by atoms with van der Waals surface area (Å²) in [6.45, 7) is 1.16. The minimum atomic E-state index is -0.271. The van der Waals surface area contributed by atoms with Gasteiger partial charge in [0.15, 0.2) is 5.13 Å². The standard InChI is InChI=1S/C14H11N3O2S/c1-2-8-7-15-13(18)17(8)14-16-12-9-5-6-19-10(9)3-4-11(12)20-14/h1,3-4,8H,5-7H2,(H,15,18). The molecule has 6 heteroatoms. The average molecular weight is 285 g/mol. The van der Waals surface area contributed by atoms with E-state index in [1.54, 1.807) is 4.90 Å². The lowest BCUT2D eigenvalue weighted by Gasteiger charge is -2.14. The first-order valence-electron chi connectivity index (χ1n) is 6.36. The van der Waals surface area contributed by atoms with E-state index < -0.39 is 0 Å². The minimum absolute atomic E-state index is 0.181. The number of hydrogen-bond donors (Lipinski definition) is 1. The van der Waals surface area contributed by atoms with Crippen molar-refractivity contribution in [3.8, 4) is 18.1 Å². The van der Waals surface area contributed by atoms with E-state index in [1.165, 1.54) is 11.3 Å². The fourth-order valence-electron chi connectivity index (χ4n) is 2.62. The number of ether oxygens (including phenoxy) is 1. The quantitative estimate of drug-likeness (QED) is 0.812. The molecule has 1 fully saturated rings. The van der Waals surface area contributed by atoms with Crippen LogP contribution in [0.1, 0.15) is 5.56 Å². The zero-order valence-electron chi connectivity index (χ0n) is 10.5. The number of nitrogens with one attached hydrogen (secondary N) is 1. The molecule has 4 rings (SSSR count). The fourth-order valence-corrected chi connectivity index (χ4v) is 3.66. The van der Waals surface area contributed by atoms with Crippen molar-refractivity contribution in [1.82, 2.24) is 10.3 Å². The van der Waals surface area contributed by atoms with Crippen LogP contribution in [-0.2, 0) is 6.42 Å². The molecule has 2 aliphatic heterocycles. The maximum Gasteiger partial charge on any atom is 0.324 e. The van der Waals surface area contributed by atoms with Gasteiger partial charge in [-0.1, -0.05) is 17.3 Å². The molecule has 2 amide bonds. The number of hydrogen-bond acceptors (Lipinski definition) is 4. The number of carbonyl (C=O) groups is 1.